The van der Waals surface area contributed by atoms with Crippen molar-refractivity contribution in [2.75, 3.05) is 6.61 Å². The Morgan fingerprint density at radius 2 is 2.06 bits per heavy atom. The number of hydrogen-bond acceptors (Lipinski definition) is 2. The van der Waals surface area contributed by atoms with Crippen molar-refractivity contribution in [2.45, 2.75) is 58.7 Å². The van der Waals surface area contributed by atoms with Crippen molar-refractivity contribution in [1.29, 1.82) is 0 Å². The molecule has 0 radical (unpaired) electrons. The fourth-order valence-corrected chi connectivity index (χ4v) is 2.33. The third-order valence-corrected chi connectivity index (χ3v) is 3.55. The van der Waals surface area contributed by atoms with E-state index in [1.807, 2.05) is 6.92 Å². The van der Waals surface area contributed by atoms with Crippen molar-refractivity contribution < 1.29 is 9.47 Å². The summed E-state index contributed by atoms with van der Waals surface area (Å²) in [6, 6.07) is 6.60. The summed E-state index contributed by atoms with van der Waals surface area (Å²) in [4.78, 5) is 0. The fourth-order valence-electron chi connectivity index (χ4n) is 2.33. The third kappa shape index (κ3) is 3.26. The van der Waals surface area contributed by atoms with Gasteiger partial charge in [0.05, 0.1) is 18.8 Å². The quantitative estimate of drug-likeness (QED) is 0.711. The largest absolute Gasteiger partial charge is 0.494 e. The minimum atomic E-state index is 0.470. The molecule has 0 aromatic heterocycles. The number of aryl methyl sites for hydroxylation is 1. The van der Waals surface area contributed by atoms with Gasteiger partial charge in [-0.2, -0.15) is 0 Å². The van der Waals surface area contributed by atoms with Gasteiger partial charge in [0, 0.05) is 0 Å². The van der Waals surface area contributed by atoms with E-state index in [-0.39, 0.29) is 0 Å². The van der Waals surface area contributed by atoms with Crippen LogP contribution in [-0.2, 0) is 11.2 Å². The lowest BCUT2D eigenvalue weighted by molar-refractivity contribution is 0.335. The molecule has 2 unspecified atom stereocenters. The lowest BCUT2D eigenvalue weighted by atomic mass is 9.97. The predicted octanol–water partition coefficient (Wildman–Crippen LogP) is 3.93. The van der Waals surface area contributed by atoms with Gasteiger partial charge in [0.15, 0.2) is 0 Å². The lowest BCUT2D eigenvalue weighted by Gasteiger charge is -2.14. The van der Waals surface area contributed by atoms with Crippen LogP contribution in [0.15, 0.2) is 18.2 Å². The van der Waals surface area contributed by atoms with Crippen molar-refractivity contribution in [2.24, 2.45) is 0 Å². The summed E-state index contributed by atoms with van der Waals surface area (Å²) in [6.45, 7) is 9.33. The van der Waals surface area contributed by atoms with Gasteiger partial charge in [0.25, 0.3) is 0 Å². The molecule has 18 heavy (non-hydrogen) atoms. The van der Waals surface area contributed by atoms with Crippen LogP contribution in [0.25, 0.3) is 0 Å². The minimum Gasteiger partial charge on any atom is -0.494 e. The van der Waals surface area contributed by atoms with E-state index in [1.54, 1.807) is 0 Å². The summed E-state index contributed by atoms with van der Waals surface area (Å²) in [7, 11) is 0. The van der Waals surface area contributed by atoms with Crippen LogP contribution in [0.3, 0.4) is 0 Å². The van der Waals surface area contributed by atoms with Crippen LogP contribution < -0.4 is 4.74 Å². The maximum Gasteiger partial charge on any atom is 0.122 e. The predicted molar refractivity (Wildman–Crippen MR) is 74.4 cm³/mol. The molecule has 0 saturated carbocycles. The van der Waals surface area contributed by atoms with E-state index in [0.29, 0.717) is 18.1 Å². The fraction of sp³-hybridized carbons (Fsp3) is 0.625. The third-order valence-electron chi connectivity index (χ3n) is 3.55. The zero-order valence-corrected chi connectivity index (χ0v) is 11.9. The Morgan fingerprint density at radius 3 is 2.61 bits per heavy atom. The second-order valence-electron chi connectivity index (χ2n) is 5.38. The molecule has 0 N–H and O–H groups in total. The van der Waals surface area contributed by atoms with Crippen LogP contribution in [-0.4, -0.2) is 18.8 Å². The van der Waals surface area contributed by atoms with Crippen molar-refractivity contribution in [3.63, 3.8) is 0 Å². The monoisotopic (exact) mass is 248 g/mol. The Bertz CT molecular complexity index is 398. The van der Waals surface area contributed by atoms with Crippen molar-refractivity contribution in [1.82, 2.24) is 0 Å². The van der Waals surface area contributed by atoms with Gasteiger partial charge in [-0.15, -0.1) is 0 Å². The average Bonchev–Trinajstić information content (AvgIpc) is 3.04. The van der Waals surface area contributed by atoms with E-state index in [1.165, 1.54) is 11.1 Å². The Labute approximate surface area is 110 Å². The van der Waals surface area contributed by atoms with Crippen LogP contribution in [0.1, 0.15) is 51.2 Å². The van der Waals surface area contributed by atoms with E-state index < -0.39 is 0 Å². The Hall–Kier alpha value is -1.02. The molecule has 2 nitrogen and oxygen atoms in total. The van der Waals surface area contributed by atoms with Gasteiger partial charge in [-0.3, -0.25) is 0 Å². The average molecular weight is 248 g/mol. The van der Waals surface area contributed by atoms with E-state index >= 15 is 0 Å². The SMILES string of the molecule is CCOc1ccc(CCC2OC2C)cc1C(C)C. The molecule has 2 atom stereocenters. The van der Waals surface area contributed by atoms with Gasteiger partial charge < -0.3 is 9.47 Å². The molecule has 1 fully saturated rings. The molecule has 2 rings (SSSR count). The molecule has 0 aliphatic carbocycles. The van der Waals surface area contributed by atoms with Crippen LogP contribution >= 0.6 is 0 Å². The van der Waals surface area contributed by atoms with Crippen LogP contribution in [0.5, 0.6) is 5.75 Å². The smallest absolute Gasteiger partial charge is 0.122 e. The molecule has 1 aliphatic heterocycles. The first kappa shape index (κ1) is 13.4. The molecule has 0 spiro atoms. The highest BCUT2D eigenvalue weighted by Gasteiger charge is 2.33. The summed E-state index contributed by atoms with van der Waals surface area (Å²) >= 11 is 0. The zero-order valence-electron chi connectivity index (χ0n) is 11.9. The first-order chi connectivity index (χ1) is 8.61. The van der Waals surface area contributed by atoms with Crippen LogP contribution in [0.4, 0.5) is 0 Å². The van der Waals surface area contributed by atoms with Crippen LogP contribution in [0, 0.1) is 0 Å². The van der Waals surface area contributed by atoms with Crippen molar-refractivity contribution >= 4 is 0 Å². The molecule has 2 heteroatoms. The topological polar surface area (TPSA) is 21.8 Å². The number of hydrogen-bond donors (Lipinski definition) is 0. The zero-order chi connectivity index (χ0) is 13.1. The van der Waals surface area contributed by atoms with Crippen LogP contribution in [0.2, 0.25) is 0 Å². The van der Waals surface area contributed by atoms with E-state index in [0.717, 1.165) is 25.2 Å². The summed E-state index contributed by atoms with van der Waals surface area (Å²) in [5.74, 6) is 1.54. The Morgan fingerprint density at radius 1 is 1.33 bits per heavy atom. The normalized spacial score (nSPS) is 22.3. The first-order valence-electron chi connectivity index (χ1n) is 7.03. The molecule has 1 aliphatic rings. The van der Waals surface area contributed by atoms with Gasteiger partial charge in [0.1, 0.15) is 5.75 Å². The second kappa shape index (κ2) is 5.75. The standard InChI is InChI=1S/C16H24O2/c1-5-17-16-9-7-13(10-14(16)11(2)3)6-8-15-12(4)18-15/h7,9-12,15H,5-6,8H2,1-4H3. The maximum absolute atomic E-state index is 5.68. The summed E-state index contributed by atoms with van der Waals surface area (Å²) in [5, 5.41) is 0. The highest BCUT2D eigenvalue weighted by atomic mass is 16.6. The van der Waals surface area contributed by atoms with Gasteiger partial charge >= 0.3 is 0 Å². The van der Waals surface area contributed by atoms with E-state index in [9.17, 15) is 0 Å². The number of rotatable bonds is 6. The molecular formula is C16H24O2. The summed E-state index contributed by atoms with van der Waals surface area (Å²) < 4.78 is 11.1. The van der Waals surface area contributed by atoms with Gasteiger partial charge in [-0.1, -0.05) is 26.0 Å². The molecule has 0 amide bonds. The van der Waals surface area contributed by atoms with Crippen molar-refractivity contribution in [3.8, 4) is 5.75 Å². The summed E-state index contributed by atoms with van der Waals surface area (Å²) in [5.41, 5.74) is 2.71. The molecule has 1 aromatic rings. The van der Waals surface area contributed by atoms with Gasteiger partial charge in [-0.05, 0) is 49.8 Å². The first-order valence-corrected chi connectivity index (χ1v) is 7.03. The lowest BCUT2D eigenvalue weighted by Crippen LogP contribution is -2.00. The Balaban J connectivity index is 2.04. The Kier molecular flexibility index (Phi) is 4.28. The highest BCUT2D eigenvalue weighted by Crippen LogP contribution is 2.30. The number of benzene rings is 1. The summed E-state index contributed by atoms with van der Waals surface area (Å²) in [6.07, 6.45) is 3.18. The second-order valence-corrected chi connectivity index (χ2v) is 5.38. The molecule has 1 aromatic carbocycles. The van der Waals surface area contributed by atoms with E-state index in [4.69, 9.17) is 9.47 Å². The van der Waals surface area contributed by atoms with Crippen molar-refractivity contribution in [3.05, 3.63) is 29.3 Å². The highest BCUT2D eigenvalue weighted by molar-refractivity contribution is 5.39. The van der Waals surface area contributed by atoms with E-state index in [2.05, 4.69) is 39.0 Å². The molecule has 1 heterocycles. The molecule has 0 bridgehead atoms. The van der Waals surface area contributed by atoms with Gasteiger partial charge in [-0.25, -0.2) is 0 Å². The molecule has 100 valence electrons. The molecular weight excluding hydrogens is 224 g/mol. The maximum atomic E-state index is 5.68. The minimum absolute atomic E-state index is 0.470. The number of ether oxygens (including phenoxy) is 2. The molecule has 1 saturated heterocycles. The van der Waals surface area contributed by atoms with Gasteiger partial charge in [0.2, 0.25) is 0 Å². The number of epoxide rings is 1.